The van der Waals surface area contributed by atoms with Gasteiger partial charge in [0.1, 0.15) is 0 Å². The van der Waals surface area contributed by atoms with Crippen LogP contribution in [0.4, 0.5) is 5.95 Å². The lowest BCUT2D eigenvalue weighted by Crippen LogP contribution is -2.22. The van der Waals surface area contributed by atoms with Crippen LogP contribution in [0.15, 0.2) is 12.4 Å². The molecular formula is C12H21N3O. The van der Waals surface area contributed by atoms with Crippen LogP contribution in [0.1, 0.15) is 32.6 Å². The number of hydrogen-bond donors (Lipinski definition) is 1. The predicted molar refractivity (Wildman–Crippen MR) is 64.6 cm³/mol. The Kier molecular flexibility index (Phi) is 4.22. The topological polar surface area (TPSA) is 39.1 Å². The SMILES string of the molecule is CCn1ccnc1NCCC1CCCCO1. The van der Waals surface area contributed by atoms with Crippen LogP contribution >= 0.6 is 0 Å². The Bertz CT molecular complexity index is 305. The number of anilines is 1. The van der Waals surface area contributed by atoms with Gasteiger partial charge in [-0.2, -0.15) is 0 Å². The van der Waals surface area contributed by atoms with E-state index in [0.29, 0.717) is 6.10 Å². The molecule has 1 aromatic rings. The van der Waals surface area contributed by atoms with Gasteiger partial charge in [-0.1, -0.05) is 0 Å². The van der Waals surface area contributed by atoms with Gasteiger partial charge in [-0.3, -0.25) is 0 Å². The molecule has 1 N–H and O–H groups in total. The quantitative estimate of drug-likeness (QED) is 0.832. The molecule has 4 heteroatoms. The molecule has 2 rings (SSSR count). The number of hydrogen-bond acceptors (Lipinski definition) is 3. The van der Waals surface area contributed by atoms with E-state index in [1.54, 1.807) is 0 Å². The van der Waals surface area contributed by atoms with E-state index in [1.807, 2.05) is 12.4 Å². The molecule has 1 unspecified atom stereocenters. The summed E-state index contributed by atoms with van der Waals surface area (Å²) in [6, 6.07) is 0. The molecule has 0 bridgehead atoms. The maximum Gasteiger partial charge on any atom is 0.202 e. The van der Waals surface area contributed by atoms with E-state index in [9.17, 15) is 0 Å². The molecule has 1 saturated heterocycles. The van der Waals surface area contributed by atoms with E-state index < -0.39 is 0 Å². The van der Waals surface area contributed by atoms with Crippen LogP contribution in [-0.4, -0.2) is 28.8 Å². The second kappa shape index (κ2) is 5.89. The molecule has 1 fully saturated rings. The first-order chi connectivity index (χ1) is 7.90. The first kappa shape index (κ1) is 11.5. The maximum absolute atomic E-state index is 5.69. The van der Waals surface area contributed by atoms with Gasteiger partial charge in [0.15, 0.2) is 0 Å². The molecule has 4 nitrogen and oxygen atoms in total. The molecule has 1 atom stereocenters. The summed E-state index contributed by atoms with van der Waals surface area (Å²) in [5.74, 6) is 0.971. The van der Waals surface area contributed by atoms with Gasteiger partial charge in [-0.15, -0.1) is 0 Å². The summed E-state index contributed by atoms with van der Waals surface area (Å²) in [4.78, 5) is 4.28. The van der Waals surface area contributed by atoms with Gasteiger partial charge in [0.25, 0.3) is 0 Å². The Hall–Kier alpha value is -1.03. The lowest BCUT2D eigenvalue weighted by atomic mass is 10.1. The van der Waals surface area contributed by atoms with Gasteiger partial charge in [0.2, 0.25) is 5.95 Å². The van der Waals surface area contributed by atoms with Crippen molar-refractivity contribution in [2.24, 2.45) is 0 Å². The van der Waals surface area contributed by atoms with E-state index in [4.69, 9.17) is 4.74 Å². The molecule has 0 radical (unpaired) electrons. The summed E-state index contributed by atoms with van der Waals surface area (Å²) >= 11 is 0. The number of rotatable bonds is 5. The van der Waals surface area contributed by atoms with Crippen LogP contribution in [-0.2, 0) is 11.3 Å². The Morgan fingerprint density at radius 2 is 2.50 bits per heavy atom. The number of ether oxygens (including phenoxy) is 1. The Labute approximate surface area is 97.0 Å². The van der Waals surface area contributed by atoms with Crippen LogP contribution in [0.25, 0.3) is 0 Å². The fourth-order valence-corrected chi connectivity index (χ4v) is 2.11. The van der Waals surface area contributed by atoms with E-state index in [-0.39, 0.29) is 0 Å². The van der Waals surface area contributed by atoms with Crippen molar-refractivity contribution in [1.29, 1.82) is 0 Å². The highest BCUT2D eigenvalue weighted by Crippen LogP contribution is 2.15. The third kappa shape index (κ3) is 2.98. The van der Waals surface area contributed by atoms with Gasteiger partial charge in [-0.05, 0) is 32.6 Å². The van der Waals surface area contributed by atoms with Crippen molar-refractivity contribution < 1.29 is 4.74 Å². The third-order valence-electron chi connectivity index (χ3n) is 3.08. The number of nitrogens with zero attached hydrogens (tertiary/aromatic N) is 2. The summed E-state index contributed by atoms with van der Waals surface area (Å²) in [5.41, 5.74) is 0. The molecule has 1 aromatic heterocycles. The molecule has 0 aromatic carbocycles. The van der Waals surface area contributed by atoms with Crippen molar-refractivity contribution in [2.45, 2.75) is 45.3 Å². The Morgan fingerprint density at radius 3 is 3.25 bits per heavy atom. The Morgan fingerprint density at radius 1 is 1.56 bits per heavy atom. The van der Waals surface area contributed by atoms with E-state index in [2.05, 4.69) is 21.8 Å². The first-order valence-electron chi connectivity index (χ1n) is 6.26. The zero-order chi connectivity index (χ0) is 11.2. The smallest absolute Gasteiger partial charge is 0.202 e. The fraction of sp³-hybridized carbons (Fsp3) is 0.750. The maximum atomic E-state index is 5.69. The number of imidazole rings is 1. The minimum Gasteiger partial charge on any atom is -0.378 e. The molecule has 0 saturated carbocycles. The van der Waals surface area contributed by atoms with Crippen LogP contribution in [0.3, 0.4) is 0 Å². The van der Waals surface area contributed by atoms with Gasteiger partial charge < -0.3 is 14.6 Å². The molecule has 90 valence electrons. The first-order valence-corrected chi connectivity index (χ1v) is 6.26. The van der Waals surface area contributed by atoms with E-state index >= 15 is 0 Å². The van der Waals surface area contributed by atoms with Crippen LogP contribution in [0.2, 0.25) is 0 Å². The van der Waals surface area contributed by atoms with Crippen molar-refractivity contribution in [3.63, 3.8) is 0 Å². The van der Waals surface area contributed by atoms with Crippen molar-refractivity contribution in [2.75, 3.05) is 18.5 Å². The lowest BCUT2D eigenvalue weighted by molar-refractivity contribution is 0.0134. The van der Waals surface area contributed by atoms with Gasteiger partial charge >= 0.3 is 0 Å². The summed E-state index contributed by atoms with van der Waals surface area (Å²) in [5, 5.41) is 3.36. The lowest BCUT2D eigenvalue weighted by Gasteiger charge is -2.22. The third-order valence-corrected chi connectivity index (χ3v) is 3.08. The number of nitrogens with one attached hydrogen (secondary N) is 1. The average Bonchev–Trinajstić information content (AvgIpc) is 2.78. The van der Waals surface area contributed by atoms with Crippen molar-refractivity contribution in [1.82, 2.24) is 9.55 Å². The van der Waals surface area contributed by atoms with Crippen molar-refractivity contribution >= 4 is 5.95 Å². The minimum absolute atomic E-state index is 0.450. The molecule has 16 heavy (non-hydrogen) atoms. The molecule has 2 heterocycles. The van der Waals surface area contributed by atoms with E-state index in [1.165, 1.54) is 19.3 Å². The molecular weight excluding hydrogens is 202 g/mol. The highest BCUT2D eigenvalue weighted by molar-refractivity contribution is 5.25. The standard InChI is InChI=1S/C12H21N3O/c1-2-15-9-8-14-12(15)13-7-6-11-5-3-4-10-16-11/h8-9,11H,2-7,10H2,1H3,(H,13,14). The summed E-state index contributed by atoms with van der Waals surface area (Å²) in [6.45, 7) is 4.97. The zero-order valence-corrected chi connectivity index (χ0v) is 9.98. The monoisotopic (exact) mass is 223 g/mol. The molecule has 0 spiro atoms. The van der Waals surface area contributed by atoms with Crippen LogP contribution in [0, 0.1) is 0 Å². The number of aromatic nitrogens is 2. The highest BCUT2D eigenvalue weighted by atomic mass is 16.5. The van der Waals surface area contributed by atoms with Crippen LogP contribution in [0.5, 0.6) is 0 Å². The highest BCUT2D eigenvalue weighted by Gasteiger charge is 2.13. The average molecular weight is 223 g/mol. The predicted octanol–water partition coefficient (Wildman–Crippen LogP) is 2.27. The zero-order valence-electron chi connectivity index (χ0n) is 9.98. The second-order valence-electron chi connectivity index (χ2n) is 4.24. The normalized spacial score (nSPS) is 20.9. The summed E-state index contributed by atoms with van der Waals surface area (Å²) in [6.07, 6.45) is 9.12. The van der Waals surface area contributed by atoms with E-state index in [0.717, 1.165) is 32.1 Å². The fourth-order valence-electron chi connectivity index (χ4n) is 2.11. The summed E-state index contributed by atoms with van der Waals surface area (Å²) < 4.78 is 7.80. The van der Waals surface area contributed by atoms with Crippen LogP contribution < -0.4 is 5.32 Å². The molecule has 1 aliphatic rings. The largest absolute Gasteiger partial charge is 0.378 e. The molecule has 0 aliphatic carbocycles. The van der Waals surface area contributed by atoms with Gasteiger partial charge in [-0.25, -0.2) is 4.98 Å². The minimum atomic E-state index is 0.450. The number of aryl methyl sites for hydroxylation is 1. The Balaban J connectivity index is 1.71. The van der Waals surface area contributed by atoms with Gasteiger partial charge in [0.05, 0.1) is 6.10 Å². The van der Waals surface area contributed by atoms with Crippen molar-refractivity contribution in [3.8, 4) is 0 Å². The molecule has 0 amide bonds. The van der Waals surface area contributed by atoms with Crippen molar-refractivity contribution in [3.05, 3.63) is 12.4 Å². The molecule has 1 aliphatic heterocycles. The second-order valence-corrected chi connectivity index (χ2v) is 4.24. The summed E-state index contributed by atoms with van der Waals surface area (Å²) in [7, 11) is 0. The van der Waals surface area contributed by atoms with Gasteiger partial charge in [0, 0.05) is 32.1 Å².